The van der Waals surface area contributed by atoms with Gasteiger partial charge in [0.15, 0.2) is 0 Å². The summed E-state index contributed by atoms with van der Waals surface area (Å²) in [5.74, 6) is -0.723. The van der Waals surface area contributed by atoms with E-state index in [-0.39, 0.29) is 12.5 Å². The minimum Gasteiger partial charge on any atom is -0.726 e. The van der Waals surface area contributed by atoms with E-state index in [1.807, 2.05) is 0 Å². The average molecular weight is 407 g/mol. The Morgan fingerprint density at radius 2 is 1.41 bits per heavy atom. The number of hydrogen-bond donors (Lipinski definition) is 0. The minimum absolute atomic E-state index is 0.0301. The first-order valence-electron chi connectivity index (χ1n) is 10.6. The Morgan fingerprint density at radius 3 is 1.81 bits per heavy atom. The fourth-order valence-corrected chi connectivity index (χ4v) is 3.72. The molecule has 6 nitrogen and oxygen atoms in total. The Labute approximate surface area is 166 Å². The summed E-state index contributed by atoms with van der Waals surface area (Å²) in [6, 6.07) is 0. The number of aliphatic carboxylic acids is 1. The second-order valence-electron chi connectivity index (χ2n) is 7.56. The summed E-state index contributed by atoms with van der Waals surface area (Å²) < 4.78 is 34.5. The van der Waals surface area contributed by atoms with Crippen molar-refractivity contribution in [2.45, 2.75) is 104 Å². The molecule has 1 fully saturated rings. The van der Waals surface area contributed by atoms with E-state index in [2.05, 4.69) is 11.1 Å². The molecule has 0 aromatic heterocycles. The molecule has 0 aromatic rings. The summed E-state index contributed by atoms with van der Waals surface area (Å²) in [4.78, 5) is 10.4. The molecule has 1 unspecified atom stereocenters. The molecule has 0 bridgehead atoms. The SMILES string of the molecule is CC(C(=O)[O-])C1CCCC1.CCCCCCCCCCCCOS(=O)(=O)[O-]. The van der Waals surface area contributed by atoms with Crippen molar-refractivity contribution >= 4 is 16.4 Å². The maximum atomic E-state index is 10.4. The van der Waals surface area contributed by atoms with Crippen molar-refractivity contribution in [3.8, 4) is 0 Å². The van der Waals surface area contributed by atoms with Crippen molar-refractivity contribution in [2.75, 3.05) is 6.61 Å². The molecule has 1 rings (SSSR count). The lowest BCUT2D eigenvalue weighted by atomic mass is 9.93. The summed E-state index contributed by atoms with van der Waals surface area (Å²) in [6.45, 7) is 4.00. The van der Waals surface area contributed by atoms with Crippen LogP contribution in [0.25, 0.3) is 0 Å². The maximum Gasteiger partial charge on any atom is 0.217 e. The number of carbonyl (C=O) groups is 1. The Kier molecular flexibility index (Phi) is 15.9. The van der Waals surface area contributed by atoms with Crippen molar-refractivity contribution in [2.24, 2.45) is 11.8 Å². The Hall–Kier alpha value is -0.660. The quantitative estimate of drug-likeness (QED) is 0.246. The molecule has 0 radical (unpaired) electrons. The van der Waals surface area contributed by atoms with Gasteiger partial charge in [-0.25, -0.2) is 8.42 Å². The van der Waals surface area contributed by atoms with Gasteiger partial charge in [0.2, 0.25) is 10.4 Å². The van der Waals surface area contributed by atoms with Crippen molar-refractivity contribution in [3.05, 3.63) is 0 Å². The highest BCUT2D eigenvalue weighted by atomic mass is 32.3. The largest absolute Gasteiger partial charge is 0.726 e. The molecule has 7 heteroatoms. The summed E-state index contributed by atoms with van der Waals surface area (Å²) >= 11 is 0. The molecule has 0 spiro atoms. The molecule has 0 aliphatic heterocycles. The molecule has 0 saturated heterocycles. The van der Waals surface area contributed by atoms with Crippen LogP contribution in [0.4, 0.5) is 0 Å². The van der Waals surface area contributed by atoms with Crippen LogP contribution in [-0.2, 0) is 19.4 Å². The topological polar surface area (TPSA) is 107 Å². The molecule has 1 atom stereocenters. The van der Waals surface area contributed by atoms with Crippen molar-refractivity contribution in [3.63, 3.8) is 0 Å². The summed E-state index contributed by atoms with van der Waals surface area (Å²) in [5, 5.41) is 10.4. The maximum absolute atomic E-state index is 10.4. The molecule has 0 amide bonds. The van der Waals surface area contributed by atoms with Gasteiger partial charge in [-0.15, -0.1) is 0 Å². The van der Waals surface area contributed by atoms with E-state index in [0.717, 1.165) is 25.7 Å². The fourth-order valence-electron chi connectivity index (χ4n) is 3.40. The van der Waals surface area contributed by atoms with Gasteiger partial charge in [-0.1, -0.05) is 84.5 Å². The number of unbranched alkanes of at least 4 members (excludes halogenated alkanes) is 9. The third kappa shape index (κ3) is 17.2. The highest BCUT2D eigenvalue weighted by Gasteiger charge is 2.21. The minimum atomic E-state index is -4.48. The van der Waals surface area contributed by atoms with E-state index < -0.39 is 16.4 Å². The molecule has 1 aliphatic carbocycles. The number of carboxylic acids is 1. The third-order valence-electron chi connectivity index (χ3n) is 5.20. The average Bonchev–Trinajstić information content (AvgIpc) is 3.13. The summed E-state index contributed by atoms with van der Waals surface area (Å²) in [5.41, 5.74) is 0. The predicted molar refractivity (Wildman–Crippen MR) is 104 cm³/mol. The lowest BCUT2D eigenvalue weighted by Crippen LogP contribution is -2.33. The molecular formula is C20H38O6S-2. The molecule has 162 valence electrons. The Morgan fingerprint density at radius 1 is 0.963 bits per heavy atom. The molecule has 1 aliphatic rings. The van der Waals surface area contributed by atoms with E-state index >= 15 is 0 Å². The first-order chi connectivity index (χ1) is 12.8. The second kappa shape index (κ2) is 16.3. The summed E-state index contributed by atoms with van der Waals surface area (Å²) in [6.07, 6.45) is 16.2. The van der Waals surface area contributed by atoms with Gasteiger partial charge in [0.25, 0.3) is 0 Å². The van der Waals surface area contributed by atoms with Crippen LogP contribution < -0.4 is 5.11 Å². The standard InChI is InChI=1S/C12H26O4S.C8H14O2/c1-2-3-4-5-6-7-8-9-10-11-12-16-17(13,14)15;1-6(8(9)10)7-4-2-3-5-7/h2-12H2,1H3,(H,13,14,15);6-7H,2-5H2,1H3,(H,9,10)/p-2. The van der Waals surface area contributed by atoms with E-state index in [1.165, 1.54) is 57.8 Å². The van der Waals surface area contributed by atoms with Gasteiger partial charge in [0.1, 0.15) is 0 Å². The van der Waals surface area contributed by atoms with Crippen LogP contribution in [0.15, 0.2) is 0 Å². The number of carbonyl (C=O) groups excluding carboxylic acids is 1. The molecule has 0 aromatic carbocycles. The first-order valence-corrected chi connectivity index (χ1v) is 11.9. The highest BCUT2D eigenvalue weighted by molar-refractivity contribution is 7.80. The van der Waals surface area contributed by atoms with Gasteiger partial charge < -0.3 is 14.5 Å². The zero-order valence-electron chi connectivity index (χ0n) is 17.1. The lowest BCUT2D eigenvalue weighted by molar-refractivity contribution is -0.312. The van der Waals surface area contributed by atoms with Crippen LogP contribution in [-0.4, -0.2) is 25.5 Å². The third-order valence-corrected chi connectivity index (χ3v) is 5.66. The normalized spacial score (nSPS) is 16.0. The van der Waals surface area contributed by atoms with Crippen molar-refractivity contribution < 1.29 is 27.1 Å². The van der Waals surface area contributed by atoms with Gasteiger partial charge in [0.05, 0.1) is 6.61 Å². The van der Waals surface area contributed by atoms with Crippen LogP contribution >= 0.6 is 0 Å². The monoisotopic (exact) mass is 406 g/mol. The van der Waals surface area contributed by atoms with Crippen LogP contribution in [0.2, 0.25) is 0 Å². The van der Waals surface area contributed by atoms with E-state index in [0.29, 0.717) is 12.3 Å². The predicted octanol–water partition coefficient (Wildman–Crippen LogP) is 3.95. The molecular weight excluding hydrogens is 368 g/mol. The highest BCUT2D eigenvalue weighted by Crippen LogP contribution is 2.30. The lowest BCUT2D eigenvalue weighted by Gasteiger charge is -2.18. The zero-order chi connectivity index (χ0) is 20.5. The van der Waals surface area contributed by atoms with Crippen LogP contribution in [0.5, 0.6) is 0 Å². The van der Waals surface area contributed by atoms with E-state index in [1.54, 1.807) is 6.92 Å². The van der Waals surface area contributed by atoms with Gasteiger partial charge in [-0.2, -0.15) is 0 Å². The van der Waals surface area contributed by atoms with Crippen LogP contribution in [0.3, 0.4) is 0 Å². The Balaban J connectivity index is 0.000000569. The van der Waals surface area contributed by atoms with Crippen molar-refractivity contribution in [1.82, 2.24) is 0 Å². The Bertz CT molecular complexity index is 457. The van der Waals surface area contributed by atoms with Crippen molar-refractivity contribution in [1.29, 1.82) is 0 Å². The zero-order valence-corrected chi connectivity index (χ0v) is 17.9. The molecule has 0 heterocycles. The molecule has 0 N–H and O–H groups in total. The fraction of sp³-hybridized carbons (Fsp3) is 0.950. The molecule has 27 heavy (non-hydrogen) atoms. The van der Waals surface area contributed by atoms with Gasteiger partial charge >= 0.3 is 0 Å². The van der Waals surface area contributed by atoms with E-state index in [9.17, 15) is 22.9 Å². The first kappa shape index (κ1) is 26.3. The van der Waals surface area contributed by atoms with Gasteiger partial charge in [0, 0.05) is 5.97 Å². The number of hydrogen-bond acceptors (Lipinski definition) is 6. The van der Waals surface area contributed by atoms with Gasteiger partial charge in [-0.05, 0) is 31.1 Å². The van der Waals surface area contributed by atoms with Crippen LogP contribution in [0.1, 0.15) is 104 Å². The van der Waals surface area contributed by atoms with Crippen LogP contribution in [0, 0.1) is 11.8 Å². The second-order valence-corrected chi connectivity index (χ2v) is 8.62. The van der Waals surface area contributed by atoms with E-state index in [4.69, 9.17) is 0 Å². The molecule has 1 saturated carbocycles. The van der Waals surface area contributed by atoms with Gasteiger partial charge in [-0.3, -0.25) is 4.18 Å². The smallest absolute Gasteiger partial charge is 0.217 e. The number of carboxylic acid groups (broad SMARTS) is 1. The number of rotatable bonds is 14. The summed E-state index contributed by atoms with van der Waals surface area (Å²) in [7, 11) is -4.48.